The summed E-state index contributed by atoms with van der Waals surface area (Å²) < 4.78 is 2.50. The van der Waals surface area contributed by atoms with Crippen LogP contribution in [0.25, 0.3) is 38.6 Å². The van der Waals surface area contributed by atoms with Crippen LogP contribution in [0.3, 0.4) is 0 Å². The van der Waals surface area contributed by atoms with Gasteiger partial charge in [0.1, 0.15) is 0 Å². The zero-order valence-corrected chi connectivity index (χ0v) is 26.2. The maximum absolute atomic E-state index is 3.83. The molecule has 1 aromatic heterocycles. The lowest BCUT2D eigenvalue weighted by atomic mass is 9.59. The van der Waals surface area contributed by atoms with E-state index in [9.17, 15) is 0 Å². The molecular formula is C43H32BN3. The van der Waals surface area contributed by atoms with Gasteiger partial charge in [0.25, 0.3) is 0 Å². The van der Waals surface area contributed by atoms with Gasteiger partial charge in [0, 0.05) is 56.0 Å². The Hall–Kier alpha value is -6.00. The molecule has 47 heavy (non-hydrogen) atoms. The fourth-order valence-electron chi connectivity index (χ4n) is 7.38. The van der Waals surface area contributed by atoms with Crippen LogP contribution in [0.1, 0.15) is 5.56 Å². The molecule has 0 bridgehead atoms. The maximum Gasteiger partial charge on any atom is 0.198 e. The molecule has 3 nitrogen and oxygen atoms in total. The van der Waals surface area contributed by atoms with Gasteiger partial charge in [-0.15, -0.1) is 0 Å². The molecule has 222 valence electrons. The third-order valence-electron chi connectivity index (χ3n) is 9.39. The molecule has 0 saturated carbocycles. The molecule has 4 heteroatoms. The van der Waals surface area contributed by atoms with Crippen molar-refractivity contribution in [1.82, 2.24) is 4.57 Å². The molecular weight excluding hydrogens is 569 g/mol. The third kappa shape index (κ3) is 4.61. The number of nitrogens with zero attached hydrogens (tertiary/aromatic N) is 2. The van der Waals surface area contributed by atoms with Crippen LogP contribution in [-0.2, 0) is 0 Å². The predicted octanol–water partition coefficient (Wildman–Crippen LogP) is 9.67. The van der Waals surface area contributed by atoms with E-state index in [0.29, 0.717) is 0 Å². The highest BCUT2D eigenvalue weighted by Crippen LogP contribution is 2.41. The van der Waals surface area contributed by atoms with E-state index in [4.69, 9.17) is 0 Å². The Labute approximate surface area is 275 Å². The average molecular weight is 602 g/mol. The molecule has 0 spiro atoms. The van der Waals surface area contributed by atoms with Crippen LogP contribution in [-0.4, -0.2) is 11.8 Å². The van der Waals surface area contributed by atoms with Crippen LogP contribution in [0.2, 0.25) is 0 Å². The van der Waals surface area contributed by atoms with E-state index >= 15 is 0 Å². The molecule has 1 aliphatic rings. The number of fused-ring (bicyclic) bond motifs is 5. The van der Waals surface area contributed by atoms with Crippen molar-refractivity contribution >= 4 is 68.4 Å². The van der Waals surface area contributed by atoms with E-state index in [1.807, 2.05) is 0 Å². The van der Waals surface area contributed by atoms with E-state index in [1.165, 1.54) is 55.1 Å². The number of hydrogen-bond acceptors (Lipinski definition) is 2. The summed E-state index contributed by atoms with van der Waals surface area (Å²) in [5.74, 6) is 0. The Morgan fingerprint density at radius 1 is 0.553 bits per heavy atom. The van der Waals surface area contributed by atoms with Crippen molar-refractivity contribution in [3.8, 4) is 16.8 Å². The Morgan fingerprint density at radius 2 is 1.21 bits per heavy atom. The normalized spacial score (nSPS) is 11.7. The van der Waals surface area contributed by atoms with Crippen LogP contribution < -0.4 is 21.1 Å². The first-order valence-electron chi connectivity index (χ1n) is 16.2. The second kappa shape index (κ2) is 11.1. The molecule has 7 aromatic carbocycles. The molecule has 2 heterocycles. The van der Waals surface area contributed by atoms with Crippen LogP contribution in [0.4, 0.5) is 28.4 Å². The van der Waals surface area contributed by atoms with Gasteiger partial charge in [-0.25, -0.2) is 0 Å². The van der Waals surface area contributed by atoms with Crippen molar-refractivity contribution in [3.63, 3.8) is 0 Å². The Bertz CT molecular complexity index is 2380. The summed E-state index contributed by atoms with van der Waals surface area (Å²) in [6, 6.07) is 58.9. The minimum Gasteiger partial charge on any atom is -0.355 e. The summed E-state index contributed by atoms with van der Waals surface area (Å²) in [5, 5.41) is 6.45. The highest BCUT2D eigenvalue weighted by Gasteiger charge is 2.26. The van der Waals surface area contributed by atoms with E-state index in [1.54, 1.807) is 0 Å². The zero-order chi connectivity index (χ0) is 31.3. The first-order chi connectivity index (χ1) is 23.2. The Morgan fingerprint density at radius 3 is 1.96 bits per heavy atom. The number of aryl methyl sites for hydroxylation is 1. The fraction of sp³-hybridized carbons (Fsp3) is 0.0233. The molecule has 0 amide bonds. The SMILES string of the molecule is Cc1cc(-c2ccc(N(c3ccccc3)c3ccccc3)cc2Nc2ccccc2)c2c(c1)-n1c3ccccc3c3cccc(c31)B2. The number of para-hydroxylation sites is 5. The summed E-state index contributed by atoms with van der Waals surface area (Å²) in [7, 11) is 0.880. The lowest BCUT2D eigenvalue weighted by molar-refractivity contribution is 1.18. The monoisotopic (exact) mass is 601 g/mol. The summed E-state index contributed by atoms with van der Waals surface area (Å²) in [6.45, 7) is 2.22. The molecule has 0 saturated heterocycles. The van der Waals surface area contributed by atoms with Gasteiger partial charge in [-0.1, -0.05) is 109 Å². The molecule has 0 radical (unpaired) electrons. The lowest BCUT2D eigenvalue weighted by Crippen LogP contribution is -2.37. The maximum atomic E-state index is 3.83. The second-order valence-corrected chi connectivity index (χ2v) is 12.4. The van der Waals surface area contributed by atoms with Gasteiger partial charge in [0.2, 0.25) is 0 Å². The molecule has 8 aromatic rings. The standard InChI is InChI=1S/C43H32BN3/c1-29-26-37(42-41(27-29)47-40-23-12-11-20-35(40)36-21-13-22-38(44-42)43(36)47)34-25-24-33(28-39(34)45-30-14-5-2-6-15-30)46(31-16-7-3-8-17-31)32-18-9-4-10-19-32/h2-28,44-45H,1H3. The van der Waals surface area contributed by atoms with Crippen LogP contribution >= 0.6 is 0 Å². The van der Waals surface area contributed by atoms with Crippen molar-refractivity contribution in [1.29, 1.82) is 0 Å². The minimum atomic E-state index is 0.880. The summed E-state index contributed by atoms with van der Waals surface area (Å²) in [4.78, 5) is 2.32. The highest BCUT2D eigenvalue weighted by atomic mass is 15.1. The van der Waals surface area contributed by atoms with Crippen LogP contribution in [0, 0.1) is 6.92 Å². The number of nitrogens with one attached hydrogen (secondary N) is 1. The van der Waals surface area contributed by atoms with E-state index in [0.717, 1.165) is 35.7 Å². The smallest absolute Gasteiger partial charge is 0.198 e. The molecule has 1 N–H and O–H groups in total. The second-order valence-electron chi connectivity index (χ2n) is 12.4. The minimum absolute atomic E-state index is 0.880. The van der Waals surface area contributed by atoms with Gasteiger partial charge in [-0.3, -0.25) is 0 Å². The summed E-state index contributed by atoms with van der Waals surface area (Å²) in [5.41, 5.74) is 15.7. The largest absolute Gasteiger partial charge is 0.355 e. The highest BCUT2D eigenvalue weighted by molar-refractivity contribution is 6.73. The van der Waals surface area contributed by atoms with Crippen LogP contribution in [0.5, 0.6) is 0 Å². The fourth-order valence-corrected chi connectivity index (χ4v) is 7.38. The molecule has 0 fully saturated rings. The zero-order valence-electron chi connectivity index (χ0n) is 26.2. The predicted molar refractivity (Wildman–Crippen MR) is 202 cm³/mol. The van der Waals surface area contributed by atoms with Crippen molar-refractivity contribution in [2.45, 2.75) is 6.92 Å². The van der Waals surface area contributed by atoms with Gasteiger partial charge in [0.05, 0.1) is 5.52 Å². The first-order valence-corrected chi connectivity index (χ1v) is 16.2. The lowest BCUT2D eigenvalue weighted by Gasteiger charge is -2.28. The van der Waals surface area contributed by atoms with E-state index in [2.05, 4.69) is 185 Å². The number of benzene rings is 7. The van der Waals surface area contributed by atoms with Gasteiger partial charge in [-0.2, -0.15) is 0 Å². The number of hydrogen-bond donors (Lipinski definition) is 1. The van der Waals surface area contributed by atoms with E-state index in [-0.39, 0.29) is 0 Å². The average Bonchev–Trinajstić information content (AvgIpc) is 3.46. The van der Waals surface area contributed by atoms with Gasteiger partial charge < -0.3 is 14.8 Å². The van der Waals surface area contributed by atoms with Crippen molar-refractivity contribution < 1.29 is 0 Å². The first kappa shape index (κ1) is 27.3. The van der Waals surface area contributed by atoms with Gasteiger partial charge >= 0.3 is 0 Å². The topological polar surface area (TPSA) is 20.2 Å². The number of rotatable bonds is 6. The molecule has 1 aliphatic heterocycles. The Balaban J connectivity index is 1.28. The molecule has 9 rings (SSSR count). The van der Waals surface area contributed by atoms with Crippen molar-refractivity contribution in [3.05, 3.63) is 169 Å². The van der Waals surface area contributed by atoms with E-state index < -0.39 is 0 Å². The number of aromatic nitrogens is 1. The molecule has 0 unspecified atom stereocenters. The Kier molecular flexibility index (Phi) is 6.46. The van der Waals surface area contributed by atoms with Crippen molar-refractivity contribution in [2.24, 2.45) is 0 Å². The van der Waals surface area contributed by atoms with Crippen molar-refractivity contribution in [2.75, 3.05) is 10.2 Å². The van der Waals surface area contributed by atoms with Gasteiger partial charge in [0.15, 0.2) is 7.28 Å². The third-order valence-corrected chi connectivity index (χ3v) is 9.39. The summed E-state index contributed by atoms with van der Waals surface area (Å²) in [6.07, 6.45) is 0. The van der Waals surface area contributed by atoms with Gasteiger partial charge in [-0.05, 0) is 84.2 Å². The quantitative estimate of drug-likeness (QED) is 0.192. The summed E-state index contributed by atoms with van der Waals surface area (Å²) >= 11 is 0. The molecule has 0 atom stereocenters. The number of anilines is 5. The van der Waals surface area contributed by atoms with Crippen LogP contribution in [0.15, 0.2) is 164 Å². The molecule has 0 aliphatic carbocycles.